The molecule has 0 heterocycles. The average Bonchev–Trinajstić information content (AvgIpc) is 2.47. The van der Waals surface area contributed by atoms with Gasteiger partial charge in [-0.1, -0.05) is 6.07 Å². The molecule has 0 atom stereocenters. The van der Waals surface area contributed by atoms with Crippen molar-refractivity contribution in [2.45, 2.75) is 20.0 Å². The van der Waals surface area contributed by atoms with Gasteiger partial charge in [0, 0.05) is 11.6 Å². The van der Waals surface area contributed by atoms with Crippen LogP contribution in [0.5, 0.6) is 11.5 Å². The molecule has 2 aromatic rings. The second-order valence-electron chi connectivity index (χ2n) is 4.84. The van der Waals surface area contributed by atoms with Gasteiger partial charge in [0.2, 0.25) is 0 Å². The molecule has 0 bridgehead atoms. The molecule has 108 valence electrons. The SMILES string of the molecule is COc1ccc(-c2ccc(OC(C)C)c(C#N)c2)c(F)c1. The molecular formula is C17H16FNO2. The molecule has 4 heteroatoms. The third kappa shape index (κ3) is 3.32. The number of hydrogen-bond donors (Lipinski definition) is 0. The highest BCUT2D eigenvalue weighted by atomic mass is 19.1. The van der Waals surface area contributed by atoms with Gasteiger partial charge in [-0.25, -0.2) is 4.39 Å². The Balaban J connectivity index is 2.44. The molecule has 2 aromatic carbocycles. The molecule has 21 heavy (non-hydrogen) atoms. The smallest absolute Gasteiger partial charge is 0.137 e. The van der Waals surface area contributed by atoms with Gasteiger partial charge in [-0.2, -0.15) is 5.26 Å². The maximum absolute atomic E-state index is 14.1. The van der Waals surface area contributed by atoms with Crippen molar-refractivity contribution in [3.63, 3.8) is 0 Å². The third-order valence-electron chi connectivity index (χ3n) is 2.95. The van der Waals surface area contributed by atoms with Crippen LogP contribution in [0, 0.1) is 17.1 Å². The molecule has 0 fully saturated rings. The van der Waals surface area contributed by atoms with E-state index in [-0.39, 0.29) is 6.10 Å². The number of halogens is 1. The highest BCUT2D eigenvalue weighted by molar-refractivity contribution is 5.68. The van der Waals surface area contributed by atoms with Crippen molar-refractivity contribution in [2.75, 3.05) is 7.11 Å². The van der Waals surface area contributed by atoms with E-state index < -0.39 is 5.82 Å². The van der Waals surface area contributed by atoms with E-state index >= 15 is 0 Å². The van der Waals surface area contributed by atoms with Gasteiger partial charge in [0.05, 0.1) is 18.8 Å². The van der Waals surface area contributed by atoms with Crippen molar-refractivity contribution in [3.8, 4) is 28.7 Å². The molecule has 2 rings (SSSR count). The van der Waals surface area contributed by atoms with Gasteiger partial charge in [0.1, 0.15) is 23.4 Å². The second kappa shape index (κ2) is 6.27. The first-order valence-corrected chi connectivity index (χ1v) is 6.60. The molecule has 0 spiro atoms. The largest absolute Gasteiger partial charge is 0.497 e. The molecule has 0 radical (unpaired) electrons. The first-order chi connectivity index (χ1) is 10.0. The molecule has 0 aliphatic carbocycles. The van der Waals surface area contributed by atoms with Crippen LogP contribution in [-0.2, 0) is 0 Å². The summed E-state index contributed by atoms with van der Waals surface area (Å²) in [4.78, 5) is 0. The van der Waals surface area contributed by atoms with Crippen LogP contribution in [0.15, 0.2) is 36.4 Å². The topological polar surface area (TPSA) is 42.2 Å². The summed E-state index contributed by atoms with van der Waals surface area (Å²) >= 11 is 0. The third-order valence-corrected chi connectivity index (χ3v) is 2.95. The molecule has 0 saturated carbocycles. The van der Waals surface area contributed by atoms with Gasteiger partial charge in [-0.15, -0.1) is 0 Å². The minimum atomic E-state index is -0.393. The minimum Gasteiger partial charge on any atom is -0.497 e. The van der Waals surface area contributed by atoms with Crippen molar-refractivity contribution in [2.24, 2.45) is 0 Å². The van der Waals surface area contributed by atoms with Crippen LogP contribution in [0.25, 0.3) is 11.1 Å². The van der Waals surface area contributed by atoms with E-state index in [9.17, 15) is 9.65 Å². The monoisotopic (exact) mass is 285 g/mol. The van der Waals surface area contributed by atoms with Crippen molar-refractivity contribution < 1.29 is 13.9 Å². The van der Waals surface area contributed by atoms with Gasteiger partial charge in [0.15, 0.2) is 0 Å². The lowest BCUT2D eigenvalue weighted by atomic mass is 10.0. The maximum atomic E-state index is 14.1. The summed E-state index contributed by atoms with van der Waals surface area (Å²) in [6.07, 6.45) is -0.0272. The number of nitriles is 1. The highest BCUT2D eigenvalue weighted by Crippen LogP contribution is 2.30. The Morgan fingerprint density at radius 2 is 1.90 bits per heavy atom. The minimum absolute atomic E-state index is 0.0272. The van der Waals surface area contributed by atoms with E-state index in [0.717, 1.165) is 0 Å². The number of methoxy groups -OCH3 is 1. The van der Waals surface area contributed by atoms with Crippen LogP contribution in [0.4, 0.5) is 4.39 Å². The van der Waals surface area contributed by atoms with Crippen molar-refractivity contribution >= 4 is 0 Å². The quantitative estimate of drug-likeness (QED) is 0.847. The summed E-state index contributed by atoms with van der Waals surface area (Å²) in [5.74, 6) is 0.567. The first kappa shape index (κ1) is 14.9. The highest BCUT2D eigenvalue weighted by Gasteiger charge is 2.11. The molecule has 0 aromatic heterocycles. The summed E-state index contributed by atoms with van der Waals surface area (Å²) in [6.45, 7) is 3.77. The predicted octanol–water partition coefficient (Wildman–Crippen LogP) is 4.16. The van der Waals surface area contributed by atoms with Crippen LogP contribution in [0.1, 0.15) is 19.4 Å². The van der Waals surface area contributed by atoms with Crippen molar-refractivity contribution in [3.05, 3.63) is 47.8 Å². The average molecular weight is 285 g/mol. The van der Waals surface area contributed by atoms with E-state index in [1.165, 1.54) is 13.2 Å². The van der Waals surface area contributed by atoms with Crippen LogP contribution in [0.2, 0.25) is 0 Å². The molecule has 0 unspecified atom stereocenters. The van der Waals surface area contributed by atoms with Gasteiger partial charge < -0.3 is 9.47 Å². The van der Waals surface area contributed by atoms with E-state index in [1.54, 1.807) is 30.3 Å². The van der Waals surface area contributed by atoms with Crippen LogP contribution in [-0.4, -0.2) is 13.2 Å². The fourth-order valence-electron chi connectivity index (χ4n) is 2.00. The fourth-order valence-corrected chi connectivity index (χ4v) is 2.00. The van der Waals surface area contributed by atoms with E-state index in [0.29, 0.717) is 28.2 Å². The molecular weight excluding hydrogens is 269 g/mol. The lowest BCUT2D eigenvalue weighted by Crippen LogP contribution is -2.06. The van der Waals surface area contributed by atoms with Gasteiger partial charge in [-0.3, -0.25) is 0 Å². The number of ether oxygens (including phenoxy) is 2. The lowest BCUT2D eigenvalue weighted by Gasteiger charge is -2.12. The summed E-state index contributed by atoms with van der Waals surface area (Å²) in [5.41, 5.74) is 1.43. The first-order valence-electron chi connectivity index (χ1n) is 6.60. The molecule has 0 amide bonds. The van der Waals surface area contributed by atoms with Gasteiger partial charge in [0.25, 0.3) is 0 Å². The Morgan fingerprint density at radius 3 is 2.48 bits per heavy atom. The lowest BCUT2D eigenvalue weighted by molar-refractivity contribution is 0.242. The Morgan fingerprint density at radius 1 is 1.14 bits per heavy atom. The van der Waals surface area contributed by atoms with Crippen molar-refractivity contribution in [1.82, 2.24) is 0 Å². The van der Waals surface area contributed by atoms with Crippen LogP contribution in [0.3, 0.4) is 0 Å². The zero-order valence-electron chi connectivity index (χ0n) is 12.2. The van der Waals surface area contributed by atoms with E-state index in [2.05, 4.69) is 6.07 Å². The number of nitrogens with zero attached hydrogens (tertiary/aromatic N) is 1. The molecule has 0 saturated heterocycles. The summed E-state index contributed by atoms with van der Waals surface area (Å²) < 4.78 is 24.6. The summed E-state index contributed by atoms with van der Waals surface area (Å²) in [6, 6.07) is 11.8. The second-order valence-corrected chi connectivity index (χ2v) is 4.84. The Hall–Kier alpha value is -2.54. The molecule has 0 N–H and O–H groups in total. The summed E-state index contributed by atoms with van der Waals surface area (Å²) in [5, 5.41) is 9.21. The van der Waals surface area contributed by atoms with E-state index in [1.807, 2.05) is 13.8 Å². The Bertz CT molecular complexity index is 690. The number of benzene rings is 2. The molecule has 0 aliphatic heterocycles. The maximum Gasteiger partial charge on any atom is 0.137 e. The van der Waals surface area contributed by atoms with Crippen LogP contribution >= 0.6 is 0 Å². The molecule has 0 aliphatic rings. The van der Waals surface area contributed by atoms with Gasteiger partial charge >= 0.3 is 0 Å². The van der Waals surface area contributed by atoms with Gasteiger partial charge in [-0.05, 0) is 43.7 Å². The number of hydrogen-bond acceptors (Lipinski definition) is 3. The standard InChI is InChI=1S/C17H16FNO2/c1-11(2)21-17-7-4-12(8-13(17)10-19)15-6-5-14(20-3)9-16(15)18/h4-9,11H,1-3H3. The summed E-state index contributed by atoms with van der Waals surface area (Å²) in [7, 11) is 1.49. The Labute approximate surface area is 123 Å². The van der Waals surface area contributed by atoms with E-state index in [4.69, 9.17) is 9.47 Å². The number of rotatable bonds is 4. The predicted molar refractivity (Wildman–Crippen MR) is 78.9 cm³/mol. The zero-order chi connectivity index (χ0) is 15.4. The van der Waals surface area contributed by atoms with Crippen molar-refractivity contribution in [1.29, 1.82) is 5.26 Å². The Kier molecular flexibility index (Phi) is 4.44. The normalized spacial score (nSPS) is 10.3. The zero-order valence-corrected chi connectivity index (χ0v) is 12.2. The fraction of sp³-hybridized carbons (Fsp3) is 0.235. The molecule has 3 nitrogen and oxygen atoms in total. The van der Waals surface area contributed by atoms with Crippen LogP contribution < -0.4 is 9.47 Å².